The van der Waals surface area contributed by atoms with Crippen LogP contribution in [0.15, 0.2) is 24.3 Å². The van der Waals surface area contributed by atoms with Gasteiger partial charge >= 0.3 is 18.6 Å². The van der Waals surface area contributed by atoms with Gasteiger partial charge in [0.25, 0.3) is 0 Å². The Kier molecular flexibility index (Phi) is 5.04. The predicted molar refractivity (Wildman–Crippen MR) is 62.3 cm³/mol. The lowest BCUT2D eigenvalue weighted by atomic mass is 10.3. The molecule has 0 aliphatic rings. The number of ether oxygens (including phenoxy) is 1. The van der Waals surface area contributed by atoms with Gasteiger partial charge in [-0.05, 0) is 31.2 Å². The first-order valence-corrected chi connectivity index (χ1v) is 5.23. The molecule has 0 saturated carbocycles. The zero-order valence-corrected chi connectivity index (χ0v) is 9.89. The summed E-state index contributed by atoms with van der Waals surface area (Å²) in [7, 11) is 0. The number of rotatable bonds is 5. The molecule has 1 aromatic rings. The van der Waals surface area contributed by atoms with Gasteiger partial charge in [0.05, 0.1) is 0 Å². The van der Waals surface area contributed by atoms with Gasteiger partial charge in [-0.2, -0.15) is 8.78 Å². The average molecular weight is 274 g/mol. The normalized spacial score (nSPS) is 11.8. The van der Waals surface area contributed by atoms with E-state index in [2.05, 4.69) is 15.4 Å². The zero-order chi connectivity index (χ0) is 14.4. The molecule has 1 rings (SSSR count). The number of anilines is 1. The number of carbonyl (C=O) groups is 2. The molecule has 0 unspecified atom stereocenters. The van der Waals surface area contributed by atoms with Crippen molar-refractivity contribution >= 4 is 17.7 Å². The van der Waals surface area contributed by atoms with Crippen molar-refractivity contribution in [1.29, 1.82) is 0 Å². The summed E-state index contributed by atoms with van der Waals surface area (Å²) in [4.78, 5) is 21.9. The van der Waals surface area contributed by atoms with Gasteiger partial charge in [-0.1, -0.05) is 0 Å². The molecule has 2 amide bonds. The van der Waals surface area contributed by atoms with Crippen molar-refractivity contribution in [2.24, 2.45) is 0 Å². The molecule has 1 aromatic carbocycles. The van der Waals surface area contributed by atoms with Crippen LogP contribution in [-0.2, 0) is 4.79 Å². The molecule has 3 N–H and O–H groups in total. The van der Waals surface area contributed by atoms with Crippen molar-refractivity contribution in [1.82, 2.24) is 5.32 Å². The van der Waals surface area contributed by atoms with Crippen LogP contribution in [0.3, 0.4) is 0 Å². The van der Waals surface area contributed by atoms with Crippen LogP contribution in [0.5, 0.6) is 5.75 Å². The lowest BCUT2D eigenvalue weighted by Gasteiger charge is -2.11. The summed E-state index contributed by atoms with van der Waals surface area (Å²) in [6.45, 7) is -1.61. The van der Waals surface area contributed by atoms with E-state index in [4.69, 9.17) is 5.11 Å². The molecule has 0 bridgehead atoms. The summed E-state index contributed by atoms with van der Waals surface area (Å²) in [6, 6.07) is 3.45. The van der Waals surface area contributed by atoms with Crippen LogP contribution < -0.4 is 15.4 Å². The van der Waals surface area contributed by atoms with Crippen LogP contribution in [0, 0.1) is 0 Å². The first kappa shape index (κ1) is 14.7. The minimum absolute atomic E-state index is 0.0418. The summed E-state index contributed by atoms with van der Waals surface area (Å²) in [6.07, 6.45) is 0. The van der Waals surface area contributed by atoms with Gasteiger partial charge in [-0.3, -0.25) is 4.79 Å². The second kappa shape index (κ2) is 6.53. The summed E-state index contributed by atoms with van der Waals surface area (Å²) < 4.78 is 27.9. The number of alkyl halides is 2. The van der Waals surface area contributed by atoms with Crippen LogP contribution in [0.1, 0.15) is 6.92 Å². The molecule has 104 valence electrons. The Morgan fingerprint density at radius 1 is 1.26 bits per heavy atom. The van der Waals surface area contributed by atoms with Gasteiger partial charge in [-0.15, -0.1) is 0 Å². The predicted octanol–water partition coefficient (Wildman–Crippen LogP) is 1.88. The topological polar surface area (TPSA) is 87.7 Å². The molecule has 0 aliphatic heterocycles. The van der Waals surface area contributed by atoms with E-state index in [0.717, 1.165) is 0 Å². The number of carboxylic acid groups (broad SMARTS) is 1. The Bertz CT molecular complexity index is 451. The molecule has 0 heterocycles. The number of benzene rings is 1. The van der Waals surface area contributed by atoms with Crippen LogP contribution in [0.25, 0.3) is 0 Å². The fourth-order valence-electron chi connectivity index (χ4n) is 1.15. The number of urea groups is 1. The highest BCUT2D eigenvalue weighted by Crippen LogP contribution is 2.17. The molecule has 0 saturated heterocycles. The quantitative estimate of drug-likeness (QED) is 0.765. The molecule has 6 nitrogen and oxygen atoms in total. The van der Waals surface area contributed by atoms with Crippen LogP contribution >= 0.6 is 0 Å². The maximum atomic E-state index is 11.9. The Morgan fingerprint density at radius 2 is 1.84 bits per heavy atom. The Balaban J connectivity index is 2.53. The number of carbonyl (C=O) groups excluding carboxylic acids is 1. The highest BCUT2D eigenvalue weighted by molar-refractivity contribution is 5.92. The third-order valence-corrected chi connectivity index (χ3v) is 2.06. The van der Waals surface area contributed by atoms with E-state index >= 15 is 0 Å². The van der Waals surface area contributed by atoms with Crippen molar-refractivity contribution in [3.05, 3.63) is 24.3 Å². The van der Waals surface area contributed by atoms with Gasteiger partial charge in [-0.25, -0.2) is 4.79 Å². The molecular weight excluding hydrogens is 262 g/mol. The number of amides is 2. The molecule has 0 aliphatic carbocycles. The fourth-order valence-corrected chi connectivity index (χ4v) is 1.15. The maximum absolute atomic E-state index is 11.9. The molecule has 0 spiro atoms. The van der Waals surface area contributed by atoms with Gasteiger partial charge in [0.2, 0.25) is 0 Å². The van der Waals surface area contributed by atoms with Crippen molar-refractivity contribution in [2.45, 2.75) is 19.6 Å². The second-order valence-electron chi connectivity index (χ2n) is 3.56. The highest BCUT2D eigenvalue weighted by Gasteiger charge is 2.13. The van der Waals surface area contributed by atoms with Crippen LogP contribution in [-0.4, -0.2) is 29.8 Å². The summed E-state index contributed by atoms with van der Waals surface area (Å²) in [5.41, 5.74) is 0.316. The van der Waals surface area contributed by atoms with Gasteiger partial charge in [0.1, 0.15) is 11.8 Å². The van der Waals surface area contributed by atoms with E-state index in [9.17, 15) is 18.4 Å². The van der Waals surface area contributed by atoms with E-state index in [0.29, 0.717) is 5.69 Å². The minimum atomic E-state index is -2.92. The van der Waals surface area contributed by atoms with Crippen LogP contribution in [0.4, 0.5) is 19.3 Å². The van der Waals surface area contributed by atoms with E-state index < -0.39 is 24.7 Å². The van der Waals surface area contributed by atoms with Gasteiger partial charge < -0.3 is 20.5 Å². The summed E-state index contributed by atoms with van der Waals surface area (Å²) >= 11 is 0. The molecule has 0 fully saturated rings. The number of hydrogen-bond donors (Lipinski definition) is 3. The Morgan fingerprint density at radius 3 is 2.32 bits per heavy atom. The lowest BCUT2D eigenvalue weighted by molar-refractivity contribution is -0.138. The summed E-state index contributed by atoms with van der Waals surface area (Å²) in [5, 5.41) is 13.1. The van der Waals surface area contributed by atoms with Crippen molar-refractivity contribution < 1.29 is 28.2 Å². The first-order valence-electron chi connectivity index (χ1n) is 5.23. The largest absolute Gasteiger partial charge is 0.480 e. The fraction of sp³-hybridized carbons (Fsp3) is 0.273. The van der Waals surface area contributed by atoms with Crippen molar-refractivity contribution in [2.75, 3.05) is 5.32 Å². The Labute approximate surface area is 107 Å². The third-order valence-electron chi connectivity index (χ3n) is 2.06. The molecule has 8 heteroatoms. The number of hydrogen-bond acceptors (Lipinski definition) is 3. The van der Waals surface area contributed by atoms with E-state index in [1.165, 1.54) is 31.2 Å². The lowest BCUT2D eigenvalue weighted by Crippen LogP contribution is -2.40. The van der Waals surface area contributed by atoms with Crippen molar-refractivity contribution in [3.8, 4) is 5.75 Å². The van der Waals surface area contributed by atoms with Gasteiger partial charge in [0, 0.05) is 5.69 Å². The van der Waals surface area contributed by atoms with Crippen LogP contribution in [0.2, 0.25) is 0 Å². The van der Waals surface area contributed by atoms with Gasteiger partial charge in [0.15, 0.2) is 0 Å². The maximum Gasteiger partial charge on any atom is 0.387 e. The van der Waals surface area contributed by atoms with E-state index in [-0.39, 0.29) is 5.75 Å². The third kappa shape index (κ3) is 5.19. The monoisotopic (exact) mass is 274 g/mol. The van der Waals surface area contributed by atoms with Crippen molar-refractivity contribution in [3.63, 3.8) is 0 Å². The number of carboxylic acids is 1. The highest BCUT2D eigenvalue weighted by atomic mass is 19.3. The first-order chi connectivity index (χ1) is 8.88. The number of halogens is 2. The average Bonchev–Trinajstić information content (AvgIpc) is 2.30. The second-order valence-corrected chi connectivity index (χ2v) is 3.56. The SMILES string of the molecule is C[C@H](NC(=O)Nc1ccc(OC(F)F)cc1)C(=O)O. The minimum Gasteiger partial charge on any atom is -0.480 e. The molecule has 19 heavy (non-hydrogen) atoms. The number of nitrogens with one attached hydrogen (secondary N) is 2. The standard InChI is InChI=1S/C11H12F2N2O4/c1-6(9(16)17)14-11(18)15-7-2-4-8(5-3-7)19-10(12)13/h2-6,10H,1H3,(H,16,17)(H2,14,15,18)/t6-/m0/s1. The molecule has 0 aromatic heterocycles. The molecule has 1 atom stereocenters. The molecule has 0 radical (unpaired) electrons. The number of aliphatic carboxylic acids is 1. The smallest absolute Gasteiger partial charge is 0.387 e. The Hall–Kier alpha value is -2.38. The van der Waals surface area contributed by atoms with E-state index in [1.807, 2.05) is 0 Å². The van der Waals surface area contributed by atoms with E-state index in [1.54, 1.807) is 0 Å². The molecular formula is C11H12F2N2O4. The summed E-state index contributed by atoms with van der Waals surface area (Å²) in [5.74, 6) is -1.21. The zero-order valence-electron chi connectivity index (χ0n) is 9.89.